The second kappa shape index (κ2) is 8.38. The molecule has 140 valence electrons. The number of amides is 2. The highest BCUT2D eigenvalue weighted by Gasteiger charge is 2.35. The van der Waals surface area contributed by atoms with Gasteiger partial charge in [0.15, 0.2) is 0 Å². The highest BCUT2D eigenvalue weighted by Crippen LogP contribution is 2.36. The molecule has 1 heterocycles. The van der Waals surface area contributed by atoms with E-state index >= 15 is 0 Å². The van der Waals surface area contributed by atoms with Crippen LogP contribution in [0.15, 0.2) is 47.4 Å². The topological polar surface area (TPSA) is 46.6 Å². The SMILES string of the molecule is CC(C)Oc1ccccc1/C=C1\SC(=O)N(Cc2ccc(Cl)cc2Cl)C1=O. The maximum atomic E-state index is 12.7. The maximum absolute atomic E-state index is 12.7. The molecule has 0 bridgehead atoms. The summed E-state index contributed by atoms with van der Waals surface area (Å²) in [6.07, 6.45) is 1.69. The molecule has 0 unspecified atom stereocenters. The fourth-order valence-electron chi connectivity index (χ4n) is 2.56. The number of thioether (sulfide) groups is 1. The van der Waals surface area contributed by atoms with Gasteiger partial charge in [0.25, 0.3) is 11.1 Å². The number of hydrogen-bond acceptors (Lipinski definition) is 4. The number of benzene rings is 2. The Morgan fingerprint density at radius 1 is 1.15 bits per heavy atom. The highest BCUT2D eigenvalue weighted by atomic mass is 35.5. The van der Waals surface area contributed by atoms with Gasteiger partial charge in [-0.2, -0.15) is 0 Å². The molecule has 1 aliphatic heterocycles. The fourth-order valence-corrected chi connectivity index (χ4v) is 3.86. The van der Waals surface area contributed by atoms with Crippen molar-refractivity contribution >= 4 is 52.2 Å². The molecule has 0 N–H and O–H groups in total. The highest BCUT2D eigenvalue weighted by molar-refractivity contribution is 8.18. The third-order valence-electron chi connectivity index (χ3n) is 3.79. The Hall–Kier alpha value is -1.95. The number of rotatable bonds is 5. The summed E-state index contributed by atoms with van der Waals surface area (Å²) in [5.41, 5.74) is 1.41. The molecule has 1 aliphatic rings. The number of imide groups is 1. The number of para-hydroxylation sites is 1. The third kappa shape index (κ3) is 4.67. The third-order valence-corrected chi connectivity index (χ3v) is 5.28. The summed E-state index contributed by atoms with van der Waals surface area (Å²) in [6, 6.07) is 12.4. The van der Waals surface area contributed by atoms with Crippen molar-refractivity contribution in [2.24, 2.45) is 0 Å². The molecule has 4 nitrogen and oxygen atoms in total. The molecule has 27 heavy (non-hydrogen) atoms. The van der Waals surface area contributed by atoms with Gasteiger partial charge in [-0.1, -0.05) is 47.5 Å². The Labute approximate surface area is 172 Å². The molecule has 2 aromatic rings. The summed E-state index contributed by atoms with van der Waals surface area (Å²) >= 11 is 13.0. The average Bonchev–Trinajstić information content (AvgIpc) is 2.86. The minimum atomic E-state index is -0.352. The van der Waals surface area contributed by atoms with Crippen LogP contribution in [0, 0.1) is 0 Å². The van der Waals surface area contributed by atoms with Crippen molar-refractivity contribution in [3.63, 3.8) is 0 Å². The number of carbonyl (C=O) groups excluding carboxylic acids is 2. The lowest BCUT2D eigenvalue weighted by Crippen LogP contribution is -2.27. The molecule has 2 amide bonds. The molecular formula is C20H17Cl2NO3S. The van der Waals surface area contributed by atoms with E-state index in [2.05, 4.69) is 0 Å². The van der Waals surface area contributed by atoms with Crippen molar-refractivity contribution in [2.75, 3.05) is 0 Å². The van der Waals surface area contributed by atoms with Gasteiger partial charge in [0.05, 0.1) is 17.6 Å². The monoisotopic (exact) mass is 421 g/mol. The van der Waals surface area contributed by atoms with Gasteiger partial charge in [-0.05, 0) is 55.4 Å². The lowest BCUT2D eigenvalue weighted by atomic mass is 10.1. The first kappa shape index (κ1) is 19.8. The normalized spacial score (nSPS) is 15.9. The summed E-state index contributed by atoms with van der Waals surface area (Å²) in [4.78, 5) is 26.6. The lowest BCUT2D eigenvalue weighted by molar-refractivity contribution is -0.123. The molecule has 0 atom stereocenters. The van der Waals surface area contributed by atoms with Crippen molar-refractivity contribution < 1.29 is 14.3 Å². The van der Waals surface area contributed by atoms with E-state index in [1.54, 1.807) is 24.3 Å². The number of halogens is 2. The van der Waals surface area contributed by atoms with Crippen LogP contribution in [-0.2, 0) is 11.3 Å². The van der Waals surface area contributed by atoms with Gasteiger partial charge in [-0.15, -0.1) is 0 Å². The minimum Gasteiger partial charge on any atom is -0.490 e. The summed E-state index contributed by atoms with van der Waals surface area (Å²) in [5, 5.41) is 0.584. The zero-order valence-electron chi connectivity index (χ0n) is 14.7. The number of ether oxygens (including phenoxy) is 1. The molecule has 2 aromatic carbocycles. The van der Waals surface area contributed by atoms with Crippen LogP contribution in [0.25, 0.3) is 6.08 Å². The molecule has 1 fully saturated rings. The van der Waals surface area contributed by atoms with Gasteiger partial charge in [0.2, 0.25) is 0 Å². The van der Waals surface area contributed by atoms with Crippen molar-refractivity contribution in [2.45, 2.75) is 26.5 Å². The van der Waals surface area contributed by atoms with Crippen LogP contribution in [-0.4, -0.2) is 22.2 Å². The fraction of sp³-hybridized carbons (Fsp3) is 0.200. The zero-order valence-corrected chi connectivity index (χ0v) is 17.1. The molecule has 1 saturated heterocycles. The summed E-state index contributed by atoms with van der Waals surface area (Å²) in [7, 11) is 0. The van der Waals surface area contributed by atoms with Crippen molar-refractivity contribution in [3.8, 4) is 5.75 Å². The maximum Gasteiger partial charge on any atom is 0.293 e. The van der Waals surface area contributed by atoms with Crippen LogP contribution in [0.5, 0.6) is 5.75 Å². The van der Waals surface area contributed by atoms with E-state index in [4.69, 9.17) is 27.9 Å². The number of hydrogen-bond donors (Lipinski definition) is 0. The molecule has 3 rings (SSSR count). The predicted octanol–water partition coefficient (Wildman–Crippen LogP) is 6.02. The van der Waals surface area contributed by atoms with Crippen LogP contribution in [0.3, 0.4) is 0 Å². The first-order chi connectivity index (χ1) is 12.8. The molecule has 0 radical (unpaired) electrons. The van der Waals surface area contributed by atoms with Crippen molar-refractivity contribution in [1.29, 1.82) is 0 Å². The average molecular weight is 422 g/mol. The Kier molecular flexibility index (Phi) is 6.15. The zero-order chi connectivity index (χ0) is 19.6. The number of nitrogens with zero attached hydrogens (tertiary/aromatic N) is 1. The largest absolute Gasteiger partial charge is 0.490 e. The van der Waals surface area contributed by atoms with Crippen molar-refractivity contribution in [1.82, 2.24) is 4.90 Å². The van der Waals surface area contributed by atoms with Crippen LogP contribution >= 0.6 is 35.0 Å². The van der Waals surface area contributed by atoms with Crippen LogP contribution in [0.1, 0.15) is 25.0 Å². The Bertz CT molecular complexity index is 927. The van der Waals surface area contributed by atoms with Gasteiger partial charge in [-0.25, -0.2) is 0 Å². The van der Waals surface area contributed by atoms with Gasteiger partial charge in [0, 0.05) is 15.6 Å². The molecule has 0 saturated carbocycles. The smallest absolute Gasteiger partial charge is 0.293 e. The molecule has 0 aliphatic carbocycles. The second-order valence-electron chi connectivity index (χ2n) is 6.21. The van der Waals surface area contributed by atoms with Gasteiger partial charge in [0.1, 0.15) is 5.75 Å². The van der Waals surface area contributed by atoms with E-state index < -0.39 is 0 Å². The standard InChI is InChI=1S/C20H17Cl2NO3S/c1-12(2)26-17-6-4-3-5-13(17)9-18-19(24)23(20(25)27-18)11-14-7-8-15(21)10-16(14)22/h3-10,12H,11H2,1-2H3/b18-9-. The first-order valence-electron chi connectivity index (χ1n) is 8.30. The van der Waals surface area contributed by atoms with E-state index in [9.17, 15) is 9.59 Å². The first-order valence-corrected chi connectivity index (χ1v) is 9.87. The van der Waals surface area contributed by atoms with Gasteiger partial charge in [-0.3, -0.25) is 14.5 Å². The van der Waals surface area contributed by atoms with E-state index in [0.29, 0.717) is 26.3 Å². The summed E-state index contributed by atoms with van der Waals surface area (Å²) in [5.74, 6) is 0.315. The van der Waals surface area contributed by atoms with Crippen LogP contribution < -0.4 is 4.74 Å². The van der Waals surface area contributed by atoms with Crippen LogP contribution in [0.4, 0.5) is 4.79 Å². The van der Waals surface area contributed by atoms with Gasteiger partial charge >= 0.3 is 0 Å². The minimum absolute atomic E-state index is 0.00154. The van der Waals surface area contributed by atoms with E-state index in [0.717, 1.165) is 17.3 Å². The number of carbonyl (C=O) groups is 2. The van der Waals surface area contributed by atoms with E-state index in [1.807, 2.05) is 38.1 Å². The Morgan fingerprint density at radius 3 is 2.59 bits per heavy atom. The quantitative estimate of drug-likeness (QED) is 0.553. The molecular weight excluding hydrogens is 405 g/mol. The lowest BCUT2D eigenvalue weighted by Gasteiger charge is -2.14. The van der Waals surface area contributed by atoms with E-state index in [-0.39, 0.29) is 23.8 Å². The molecule has 0 spiro atoms. The van der Waals surface area contributed by atoms with Crippen LogP contribution in [0.2, 0.25) is 10.0 Å². The Balaban J connectivity index is 1.85. The molecule has 0 aromatic heterocycles. The molecule has 7 heteroatoms. The Morgan fingerprint density at radius 2 is 1.89 bits per heavy atom. The summed E-state index contributed by atoms with van der Waals surface area (Å²) < 4.78 is 5.77. The summed E-state index contributed by atoms with van der Waals surface area (Å²) in [6.45, 7) is 3.96. The second-order valence-corrected chi connectivity index (χ2v) is 8.04. The van der Waals surface area contributed by atoms with E-state index in [1.165, 1.54) is 4.90 Å². The van der Waals surface area contributed by atoms with Gasteiger partial charge < -0.3 is 4.74 Å². The predicted molar refractivity (Wildman–Crippen MR) is 110 cm³/mol. The van der Waals surface area contributed by atoms with Crippen molar-refractivity contribution in [3.05, 3.63) is 68.5 Å².